The Hall–Kier alpha value is -1.55. The van der Waals surface area contributed by atoms with E-state index in [2.05, 4.69) is 5.32 Å². The molecule has 1 aromatic rings. The summed E-state index contributed by atoms with van der Waals surface area (Å²) in [6.45, 7) is 0.410. The summed E-state index contributed by atoms with van der Waals surface area (Å²) in [7, 11) is 3.44. The molecule has 1 aromatic carbocycles. The fourth-order valence-electron chi connectivity index (χ4n) is 1.72. The summed E-state index contributed by atoms with van der Waals surface area (Å²) < 4.78 is 5.08. The number of likely N-dealkylation sites (N-methyl/N-ethyl adjacent to an activating group) is 1. The molecule has 4 heteroatoms. The standard InChI is InChI=1S/C11H14N2O2/c1-13-10(14)7-12-11(13)8-3-5-9(15-2)6-4-8/h3-6,11-12H,7H2,1-2H3. The van der Waals surface area contributed by atoms with Crippen molar-refractivity contribution in [2.24, 2.45) is 0 Å². The van der Waals surface area contributed by atoms with E-state index in [9.17, 15) is 4.79 Å². The zero-order valence-corrected chi connectivity index (χ0v) is 8.86. The maximum Gasteiger partial charge on any atom is 0.237 e. The molecule has 1 N–H and O–H groups in total. The maximum atomic E-state index is 11.3. The lowest BCUT2D eigenvalue weighted by Crippen LogP contribution is -2.25. The molecule has 0 aromatic heterocycles. The number of methoxy groups -OCH3 is 1. The highest BCUT2D eigenvalue weighted by Gasteiger charge is 2.27. The number of rotatable bonds is 2. The SMILES string of the molecule is COc1ccc(C2NCC(=O)N2C)cc1. The van der Waals surface area contributed by atoms with Crippen LogP contribution in [0, 0.1) is 0 Å². The van der Waals surface area contributed by atoms with Crippen LogP contribution in [0.4, 0.5) is 0 Å². The molecule has 1 saturated heterocycles. The third-order valence-electron chi connectivity index (χ3n) is 2.66. The molecule has 1 aliphatic heterocycles. The Morgan fingerprint density at radius 1 is 1.40 bits per heavy atom. The molecule has 0 spiro atoms. The van der Waals surface area contributed by atoms with Crippen molar-refractivity contribution in [3.05, 3.63) is 29.8 Å². The molecule has 1 heterocycles. The van der Waals surface area contributed by atoms with Gasteiger partial charge in [0, 0.05) is 7.05 Å². The number of carbonyl (C=O) groups is 1. The molecule has 1 unspecified atom stereocenters. The van der Waals surface area contributed by atoms with Crippen LogP contribution in [0.25, 0.3) is 0 Å². The number of hydrogen-bond acceptors (Lipinski definition) is 3. The molecular formula is C11H14N2O2. The lowest BCUT2D eigenvalue weighted by Gasteiger charge is -2.19. The molecule has 15 heavy (non-hydrogen) atoms. The lowest BCUT2D eigenvalue weighted by atomic mass is 10.1. The summed E-state index contributed by atoms with van der Waals surface area (Å²) in [5.41, 5.74) is 1.07. The van der Waals surface area contributed by atoms with Crippen molar-refractivity contribution in [2.45, 2.75) is 6.17 Å². The minimum atomic E-state index is -0.0107. The largest absolute Gasteiger partial charge is 0.497 e. The molecule has 0 radical (unpaired) electrons. The molecule has 0 saturated carbocycles. The maximum absolute atomic E-state index is 11.3. The Balaban J connectivity index is 2.19. The van der Waals surface area contributed by atoms with Crippen molar-refractivity contribution < 1.29 is 9.53 Å². The van der Waals surface area contributed by atoms with Gasteiger partial charge in [-0.2, -0.15) is 0 Å². The number of carbonyl (C=O) groups excluding carboxylic acids is 1. The number of benzene rings is 1. The Morgan fingerprint density at radius 2 is 2.07 bits per heavy atom. The number of nitrogens with one attached hydrogen (secondary N) is 1. The van der Waals surface area contributed by atoms with Gasteiger partial charge in [-0.25, -0.2) is 0 Å². The van der Waals surface area contributed by atoms with E-state index in [4.69, 9.17) is 4.74 Å². The van der Waals surface area contributed by atoms with Gasteiger partial charge in [0.1, 0.15) is 11.9 Å². The Morgan fingerprint density at radius 3 is 2.53 bits per heavy atom. The summed E-state index contributed by atoms with van der Waals surface area (Å²) in [6, 6.07) is 7.72. The molecule has 0 aliphatic carbocycles. The van der Waals surface area contributed by atoms with Crippen LogP contribution >= 0.6 is 0 Å². The van der Waals surface area contributed by atoms with Crippen molar-refractivity contribution >= 4 is 5.91 Å². The average Bonchev–Trinajstić information content (AvgIpc) is 2.60. The fourth-order valence-corrected chi connectivity index (χ4v) is 1.72. The van der Waals surface area contributed by atoms with E-state index >= 15 is 0 Å². The third kappa shape index (κ3) is 1.80. The van der Waals surface area contributed by atoms with Crippen molar-refractivity contribution in [1.29, 1.82) is 0 Å². The van der Waals surface area contributed by atoms with Gasteiger partial charge >= 0.3 is 0 Å². The number of nitrogens with zero attached hydrogens (tertiary/aromatic N) is 1. The predicted molar refractivity (Wildman–Crippen MR) is 56.5 cm³/mol. The van der Waals surface area contributed by atoms with Gasteiger partial charge in [-0.3, -0.25) is 10.1 Å². The Bertz CT molecular complexity index is 361. The first-order valence-corrected chi connectivity index (χ1v) is 4.85. The molecule has 1 fully saturated rings. The number of ether oxygens (including phenoxy) is 1. The molecule has 4 nitrogen and oxygen atoms in total. The van der Waals surface area contributed by atoms with Crippen LogP contribution in [0.3, 0.4) is 0 Å². The molecule has 2 rings (SSSR count). The molecule has 1 atom stereocenters. The smallest absolute Gasteiger partial charge is 0.237 e. The predicted octanol–water partition coefficient (Wildman–Crippen LogP) is 0.755. The zero-order chi connectivity index (χ0) is 10.8. The fraction of sp³-hybridized carbons (Fsp3) is 0.364. The van der Waals surface area contributed by atoms with Crippen molar-refractivity contribution in [3.8, 4) is 5.75 Å². The molecule has 0 bridgehead atoms. The van der Waals surface area contributed by atoms with E-state index in [1.54, 1.807) is 19.1 Å². The van der Waals surface area contributed by atoms with Gasteiger partial charge in [-0.1, -0.05) is 12.1 Å². The minimum absolute atomic E-state index is 0.0107. The Labute approximate surface area is 88.8 Å². The van der Waals surface area contributed by atoms with Crippen LogP contribution in [0.2, 0.25) is 0 Å². The average molecular weight is 206 g/mol. The molecule has 1 amide bonds. The molecule has 80 valence electrons. The lowest BCUT2D eigenvalue weighted by molar-refractivity contribution is -0.126. The second-order valence-electron chi connectivity index (χ2n) is 3.56. The van der Waals surface area contributed by atoms with Gasteiger partial charge in [-0.05, 0) is 17.7 Å². The van der Waals surface area contributed by atoms with E-state index in [1.807, 2.05) is 24.3 Å². The molecular weight excluding hydrogens is 192 g/mol. The van der Waals surface area contributed by atoms with Crippen LogP contribution in [0.5, 0.6) is 5.75 Å². The molecule has 1 aliphatic rings. The Kier molecular flexibility index (Phi) is 2.60. The number of amides is 1. The first-order valence-electron chi connectivity index (χ1n) is 4.85. The summed E-state index contributed by atoms with van der Waals surface area (Å²) in [4.78, 5) is 13.0. The van der Waals surface area contributed by atoms with Crippen LogP contribution in [0.1, 0.15) is 11.7 Å². The highest BCUT2D eigenvalue weighted by atomic mass is 16.5. The van der Waals surface area contributed by atoms with E-state index in [-0.39, 0.29) is 12.1 Å². The summed E-state index contributed by atoms with van der Waals surface area (Å²) in [5.74, 6) is 0.946. The van der Waals surface area contributed by atoms with E-state index < -0.39 is 0 Å². The second-order valence-corrected chi connectivity index (χ2v) is 3.56. The van der Waals surface area contributed by atoms with Gasteiger partial charge in [0.05, 0.1) is 13.7 Å². The van der Waals surface area contributed by atoms with Gasteiger partial charge in [0.25, 0.3) is 0 Å². The second kappa shape index (κ2) is 3.90. The van der Waals surface area contributed by atoms with Gasteiger partial charge in [-0.15, -0.1) is 0 Å². The normalized spacial score (nSPS) is 20.8. The first kappa shape index (κ1) is 9.98. The van der Waals surface area contributed by atoms with E-state index in [0.29, 0.717) is 6.54 Å². The zero-order valence-electron chi connectivity index (χ0n) is 8.86. The summed E-state index contributed by atoms with van der Waals surface area (Å²) in [5, 5.41) is 3.15. The van der Waals surface area contributed by atoms with Crippen molar-refractivity contribution in [3.63, 3.8) is 0 Å². The minimum Gasteiger partial charge on any atom is -0.497 e. The van der Waals surface area contributed by atoms with Crippen LogP contribution in [-0.2, 0) is 4.79 Å². The monoisotopic (exact) mass is 206 g/mol. The van der Waals surface area contributed by atoms with E-state index in [0.717, 1.165) is 11.3 Å². The van der Waals surface area contributed by atoms with Gasteiger partial charge in [0.2, 0.25) is 5.91 Å². The van der Waals surface area contributed by atoms with Crippen molar-refractivity contribution in [1.82, 2.24) is 10.2 Å². The number of hydrogen-bond donors (Lipinski definition) is 1. The van der Waals surface area contributed by atoms with Crippen molar-refractivity contribution in [2.75, 3.05) is 20.7 Å². The van der Waals surface area contributed by atoms with Crippen LogP contribution in [0.15, 0.2) is 24.3 Å². The van der Waals surface area contributed by atoms with Gasteiger partial charge in [0.15, 0.2) is 0 Å². The summed E-state index contributed by atoms with van der Waals surface area (Å²) in [6.07, 6.45) is -0.0107. The summed E-state index contributed by atoms with van der Waals surface area (Å²) >= 11 is 0. The third-order valence-corrected chi connectivity index (χ3v) is 2.66. The van der Waals surface area contributed by atoms with Crippen LogP contribution in [-0.4, -0.2) is 31.5 Å². The van der Waals surface area contributed by atoms with Crippen LogP contribution < -0.4 is 10.1 Å². The van der Waals surface area contributed by atoms with E-state index in [1.165, 1.54) is 0 Å². The topological polar surface area (TPSA) is 41.6 Å². The van der Waals surface area contributed by atoms with Gasteiger partial charge < -0.3 is 9.64 Å². The highest BCUT2D eigenvalue weighted by Crippen LogP contribution is 2.22. The highest BCUT2D eigenvalue weighted by molar-refractivity contribution is 5.80. The first-order chi connectivity index (χ1) is 7.22. The quantitative estimate of drug-likeness (QED) is 0.776.